The van der Waals surface area contributed by atoms with E-state index in [0.29, 0.717) is 37.9 Å². The Kier molecular flexibility index (Phi) is 9.58. The van der Waals surface area contributed by atoms with Crippen LogP contribution in [0.2, 0.25) is 0 Å². The lowest BCUT2D eigenvalue weighted by Gasteiger charge is -2.60. The number of amides is 3. The van der Waals surface area contributed by atoms with Crippen molar-refractivity contribution < 1.29 is 18.4 Å². The number of nitrogens with zero attached hydrogens (tertiary/aromatic N) is 4. The number of piperazine rings is 1. The van der Waals surface area contributed by atoms with E-state index in [9.17, 15) is 9.59 Å². The summed E-state index contributed by atoms with van der Waals surface area (Å²) in [5, 5.41) is 10.8. The fourth-order valence-corrected chi connectivity index (χ4v) is 9.96. The first-order valence-corrected chi connectivity index (χ1v) is 17.3. The normalized spacial score (nSPS) is 44.1. The quantitative estimate of drug-likeness (QED) is 0.422. The molecule has 3 N–H and O–H groups in total. The lowest BCUT2D eigenvalue weighted by atomic mass is 9.71. The highest BCUT2D eigenvalue weighted by atomic mass is 19.1. The molecule has 6 aliphatic rings. The van der Waals surface area contributed by atoms with Gasteiger partial charge in [0.05, 0.1) is 18.4 Å². The van der Waals surface area contributed by atoms with Crippen LogP contribution < -0.4 is 16.0 Å². The summed E-state index contributed by atoms with van der Waals surface area (Å²) in [6.45, 7) is 13.6. The minimum absolute atomic E-state index is 0.0186. The van der Waals surface area contributed by atoms with Crippen LogP contribution in [-0.4, -0.2) is 126 Å². The number of rotatable bonds is 3. The average molecular weight is 620 g/mol. The predicted octanol–water partition coefficient (Wildman–Crippen LogP) is 2.93. The van der Waals surface area contributed by atoms with Gasteiger partial charge in [0.15, 0.2) is 0 Å². The number of carbonyl (C=O) groups is 2. The van der Waals surface area contributed by atoms with Crippen molar-refractivity contribution in [1.29, 1.82) is 0 Å². The Labute approximate surface area is 262 Å². The van der Waals surface area contributed by atoms with Gasteiger partial charge in [-0.15, -0.1) is 0 Å². The summed E-state index contributed by atoms with van der Waals surface area (Å²) in [6, 6.07) is -0.745. The summed E-state index contributed by atoms with van der Waals surface area (Å²) in [4.78, 5) is 35.3. The van der Waals surface area contributed by atoms with Crippen molar-refractivity contribution in [3.63, 3.8) is 0 Å². The number of hydrogen-bond acceptors (Lipinski definition) is 6. The second-order valence-corrected chi connectivity index (χ2v) is 14.9. The van der Waals surface area contributed by atoms with Gasteiger partial charge in [-0.2, -0.15) is 0 Å². The third kappa shape index (κ3) is 5.79. The smallest absolute Gasteiger partial charge is 0.320 e. The van der Waals surface area contributed by atoms with Crippen molar-refractivity contribution in [3.8, 4) is 0 Å². The number of urea groups is 1. The van der Waals surface area contributed by atoms with E-state index in [1.807, 2.05) is 4.90 Å². The highest BCUT2D eigenvalue weighted by Gasteiger charge is 2.57. The van der Waals surface area contributed by atoms with Crippen LogP contribution in [-0.2, 0) is 4.79 Å². The van der Waals surface area contributed by atoms with Crippen molar-refractivity contribution >= 4 is 11.9 Å². The molecule has 1 saturated carbocycles. The molecule has 1 aliphatic carbocycles. The molecule has 6 fully saturated rings. The molecular formula is C33H55F2N7O2. The van der Waals surface area contributed by atoms with Gasteiger partial charge in [-0.05, 0) is 89.9 Å². The van der Waals surface area contributed by atoms with E-state index in [4.69, 9.17) is 0 Å². The Bertz CT molecular complexity index is 1070. The maximum absolute atomic E-state index is 16.7. The molecule has 0 radical (unpaired) electrons. The Hall–Kier alpha value is -1.82. The Morgan fingerprint density at radius 1 is 1.05 bits per heavy atom. The first-order chi connectivity index (χ1) is 21.1. The predicted molar refractivity (Wildman–Crippen MR) is 167 cm³/mol. The van der Waals surface area contributed by atoms with Gasteiger partial charge in [0.25, 0.3) is 0 Å². The molecule has 11 heteroatoms. The molecule has 12 atom stereocenters. The van der Waals surface area contributed by atoms with Gasteiger partial charge in [-0.3, -0.25) is 15.0 Å². The fraction of sp³-hybridized carbons (Fsp3) is 0.879. The summed E-state index contributed by atoms with van der Waals surface area (Å²) in [6.07, 6.45) is 3.68. The second kappa shape index (κ2) is 13.1. The highest BCUT2D eigenvalue weighted by molar-refractivity contribution is 5.87. The van der Waals surface area contributed by atoms with Gasteiger partial charge in [0, 0.05) is 55.6 Å². The SMILES string of the molecule is C=CC(=O)N1CCN(C2NC(=O)N3C4NC(C(F)CC42)C2C(F)CCCC2N(C)CCCC2CCNC(C(C)C)C23)[C@@H](C)C1. The maximum Gasteiger partial charge on any atom is 0.320 e. The standard InChI is InChI=1S/C33H55F2N7O2/c1-6-26(43)40-15-16-41(20(4)18-40)31-22-17-24(35)29-27-23(34)10-7-11-25(27)39(5)14-8-9-21-12-13-36-28(19(2)3)30(21)42(32(22)37-29)33(44)38-31/h6,19-25,27-32,36-37H,1,7-18H2,2-5H3,(H,38,44)/t20-,21?,22?,23?,24?,25?,27?,28?,29?,30?,31?,32?/m0/s1. The molecule has 248 valence electrons. The van der Waals surface area contributed by atoms with Crippen LogP contribution in [0.3, 0.4) is 0 Å². The zero-order valence-electron chi connectivity index (χ0n) is 27.1. The lowest BCUT2D eigenvalue weighted by Crippen LogP contribution is -2.80. The van der Waals surface area contributed by atoms with E-state index >= 15 is 8.78 Å². The van der Waals surface area contributed by atoms with Crippen molar-refractivity contribution in [1.82, 2.24) is 35.6 Å². The number of alkyl halides is 2. The Morgan fingerprint density at radius 3 is 2.57 bits per heavy atom. The van der Waals surface area contributed by atoms with Crippen LogP contribution in [0.5, 0.6) is 0 Å². The van der Waals surface area contributed by atoms with Crippen LogP contribution >= 0.6 is 0 Å². The molecule has 0 aromatic carbocycles. The van der Waals surface area contributed by atoms with E-state index in [-0.39, 0.29) is 54.6 Å². The number of piperidine rings is 2. The van der Waals surface area contributed by atoms with E-state index in [1.165, 1.54) is 6.08 Å². The van der Waals surface area contributed by atoms with Gasteiger partial charge in [0.1, 0.15) is 12.3 Å². The minimum atomic E-state index is -1.23. The fourth-order valence-electron chi connectivity index (χ4n) is 9.96. The molecule has 9 nitrogen and oxygen atoms in total. The Balaban J connectivity index is 1.39. The van der Waals surface area contributed by atoms with Crippen molar-refractivity contribution in [2.45, 2.75) is 121 Å². The Morgan fingerprint density at radius 2 is 1.84 bits per heavy atom. The van der Waals surface area contributed by atoms with Crippen LogP contribution in [0, 0.1) is 23.7 Å². The van der Waals surface area contributed by atoms with Crippen LogP contribution in [0.1, 0.15) is 65.7 Å². The van der Waals surface area contributed by atoms with E-state index in [2.05, 4.69) is 60.1 Å². The number of hydrogen-bond donors (Lipinski definition) is 3. The largest absolute Gasteiger partial charge is 0.336 e. The molecule has 0 aromatic rings. The van der Waals surface area contributed by atoms with E-state index in [0.717, 1.165) is 45.2 Å². The highest BCUT2D eigenvalue weighted by Crippen LogP contribution is 2.43. The summed E-state index contributed by atoms with van der Waals surface area (Å²) in [5.41, 5.74) is 0. The van der Waals surface area contributed by atoms with Crippen LogP contribution in [0.4, 0.5) is 13.6 Å². The number of halogens is 2. The third-order valence-electron chi connectivity index (χ3n) is 12.1. The van der Waals surface area contributed by atoms with E-state index < -0.39 is 30.5 Å². The second-order valence-electron chi connectivity index (χ2n) is 14.9. The average Bonchev–Trinajstić information content (AvgIpc) is 3.00. The zero-order valence-corrected chi connectivity index (χ0v) is 27.1. The molecule has 6 rings (SSSR count). The van der Waals surface area contributed by atoms with Gasteiger partial charge in [-0.25, -0.2) is 13.6 Å². The number of nitrogens with one attached hydrogen (secondary N) is 3. The van der Waals surface area contributed by atoms with E-state index in [1.54, 1.807) is 4.90 Å². The molecular weight excluding hydrogens is 564 g/mol. The molecule has 5 aliphatic heterocycles. The summed E-state index contributed by atoms with van der Waals surface area (Å²) in [5.74, 6) is -0.137. The molecule has 0 aromatic heterocycles. The number of fused-ring (bicyclic) bond motifs is 5. The first kappa shape index (κ1) is 32.1. The van der Waals surface area contributed by atoms with Crippen molar-refractivity contribution in [2.24, 2.45) is 23.7 Å². The lowest BCUT2D eigenvalue weighted by molar-refractivity contribution is -0.132. The van der Waals surface area contributed by atoms with Gasteiger partial charge in [-0.1, -0.05) is 20.4 Å². The van der Waals surface area contributed by atoms with Gasteiger partial charge < -0.3 is 25.3 Å². The molecule has 5 heterocycles. The van der Waals surface area contributed by atoms with Gasteiger partial charge in [0.2, 0.25) is 5.91 Å². The first-order valence-electron chi connectivity index (χ1n) is 17.3. The molecule has 11 unspecified atom stereocenters. The molecule has 0 spiro atoms. The van der Waals surface area contributed by atoms with Crippen molar-refractivity contribution in [2.75, 3.05) is 39.8 Å². The van der Waals surface area contributed by atoms with Crippen LogP contribution in [0.15, 0.2) is 12.7 Å². The number of carbonyl (C=O) groups excluding carboxylic acids is 2. The zero-order chi connectivity index (χ0) is 31.3. The molecule has 3 amide bonds. The van der Waals surface area contributed by atoms with Crippen LogP contribution in [0.25, 0.3) is 0 Å². The topological polar surface area (TPSA) is 83.2 Å². The molecule has 44 heavy (non-hydrogen) atoms. The molecule has 5 saturated heterocycles. The monoisotopic (exact) mass is 619 g/mol. The minimum Gasteiger partial charge on any atom is -0.336 e. The summed E-state index contributed by atoms with van der Waals surface area (Å²) in [7, 11) is 2.10. The maximum atomic E-state index is 16.7. The molecule has 2 bridgehead atoms. The third-order valence-corrected chi connectivity index (χ3v) is 12.1. The summed E-state index contributed by atoms with van der Waals surface area (Å²) < 4.78 is 32.6. The van der Waals surface area contributed by atoms with Gasteiger partial charge >= 0.3 is 6.03 Å². The van der Waals surface area contributed by atoms with Crippen molar-refractivity contribution in [3.05, 3.63) is 12.7 Å². The summed E-state index contributed by atoms with van der Waals surface area (Å²) >= 11 is 0.